The first kappa shape index (κ1) is 8.11. The van der Waals surface area contributed by atoms with Crippen molar-refractivity contribution in [2.75, 3.05) is 11.9 Å². The average molecular weight is 170 g/mol. The number of benzene rings is 2. The third kappa shape index (κ3) is 1.50. The third-order valence-electron chi connectivity index (χ3n) is 2.17. The van der Waals surface area contributed by atoms with Crippen LogP contribution >= 0.6 is 0 Å². The highest BCUT2D eigenvalue weighted by Gasteiger charge is 1.96. The molecule has 2 rings (SSSR count). The van der Waals surface area contributed by atoms with Crippen molar-refractivity contribution in [1.82, 2.24) is 0 Å². The molecule has 13 heavy (non-hydrogen) atoms. The van der Waals surface area contributed by atoms with Gasteiger partial charge in [0.1, 0.15) is 0 Å². The predicted octanol–water partition coefficient (Wildman–Crippen LogP) is 3.07. The molecule has 0 spiro atoms. The Morgan fingerprint density at radius 2 is 1.69 bits per heavy atom. The minimum atomic E-state index is 1.14. The number of hydrogen-bond donors (Lipinski definition) is 0. The van der Waals surface area contributed by atoms with Gasteiger partial charge in [-0.25, -0.2) is 0 Å². The Labute approximate surface area is 78.6 Å². The standard InChI is InChI=1S/C12H12N/c1-13(2)12-8-7-10-5-3-4-6-11(10)9-12/h3-9H,1H2,2H3. The molecule has 2 aromatic carbocycles. The van der Waals surface area contributed by atoms with E-state index in [2.05, 4.69) is 49.5 Å². The lowest BCUT2D eigenvalue weighted by Gasteiger charge is -2.12. The highest BCUT2D eigenvalue weighted by Crippen LogP contribution is 2.20. The number of rotatable bonds is 1. The maximum absolute atomic E-state index is 3.85. The average Bonchev–Trinajstić information content (AvgIpc) is 2.17. The molecular formula is C12H12N. The Kier molecular flexibility index (Phi) is 1.93. The van der Waals surface area contributed by atoms with Gasteiger partial charge in [-0.1, -0.05) is 30.3 Å². The van der Waals surface area contributed by atoms with Gasteiger partial charge >= 0.3 is 0 Å². The zero-order chi connectivity index (χ0) is 9.26. The minimum absolute atomic E-state index is 1.14. The maximum Gasteiger partial charge on any atom is 0.0370 e. The Hall–Kier alpha value is -1.50. The van der Waals surface area contributed by atoms with Crippen LogP contribution in [0.4, 0.5) is 5.69 Å². The van der Waals surface area contributed by atoms with Crippen LogP contribution in [0.15, 0.2) is 42.5 Å². The first-order chi connectivity index (χ1) is 6.27. The topological polar surface area (TPSA) is 3.24 Å². The van der Waals surface area contributed by atoms with Gasteiger partial charge in [-0.05, 0) is 22.9 Å². The number of hydrogen-bond acceptors (Lipinski definition) is 1. The van der Waals surface area contributed by atoms with E-state index in [4.69, 9.17) is 0 Å². The van der Waals surface area contributed by atoms with Gasteiger partial charge in [-0.3, -0.25) is 0 Å². The van der Waals surface area contributed by atoms with E-state index >= 15 is 0 Å². The van der Waals surface area contributed by atoms with Gasteiger partial charge < -0.3 is 4.90 Å². The number of nitrogens with zero attached hydrogens (tertiary/aromatic N) is 1. The van der Waals surface area contributed by atoms with Crippen LogP contribution in [0.1, 0.15) is 0 Å². The normalized spacial score (nSPS) is 10.3. The molecule has 0 bridgehead atoms. The molecule has 1 heteroatoms. The van der Waals surface area contributed by atoms with Crippen LogP contribution in [0, 0.1) is 7.05 Å². The van der Waals surface area contributed by atoms with Crippen molar-refractivity contribution in [3.63, 3.8) is 0 Å². The van der Waals surface area contributed by atoms with Crippen LogP contribution in [0.2, 0.25) is 0 Å². The fourth-order valence-electron chi connectivity index (χ4n) is 1.41. The summed E-state index contributed by atoms with van der Waals surface area (Å²) in [5.41, 5.74) is 1.14. The van der Waals surface area contributed by atoms with Gasteiger partial charge in [-0.2, -0.15) is 0 Å². The zero-order valence-corrected chi connectivity index (χ0v) is 7.70. The number of fused-ring (bicyclic) bond motifs is 1. The van der Waals surface area contributed by atoms with E-state index in [0.717, 1.165) is 5.69 Å². The molecule has 0 heterocycles. The third-order valence-corrected chi connectivity index (χ3v) is 2.17. The van der Waals surface area contributed by atoms with Crippen LogP contribution in [-0.4, -0.2) is 7.05 Å². The predicted molar refractivity (Wildman–Crippen MR) is 57.7 cm³/mol. The fourth-order valence-corrected chi connectivity index (χ4v) is 1.41. The van der Waals surface area contributed by atoms with Gasteiger partial charge in [0.15, 0.2) is 0 Å². The molecule has 2 aromatic rings. The minimum Gasteiger partial charge on any atom is -0.373 e. The zero-order valence-electron chi connectivity index (χ0n) is 7.70. The van der Waals surface area contributed by atoms with Crippen molar-refractivity contribution in [2.45, 2.75) is 0 Å². The van der Waals surface area contributed by atoms with Gasteiger partial charge in [0.2, 0.25) is 0 Å². The first-order valence-electron chi connectivity index (χ1n) is 4.30. The molecule has 0 aromatic heterocycles. The molecule has 65 valence electrons. The number of anilines is 1. The van der Waals surface area contributed by atoms with Crippen molar-refractivity contribution in [3.8, 4) is 0 Å². The van der Waals surface area contributed by atoms with E-state index in [-0.39, 0.29) is 0 Å². The van der Waals surface area contributed by atoms with E-state index < -0.39 is 0 Å². The van der Waals surface area contributed by atoms with Crippen molar-refractivity contribution in [3.05, 3.63) is 49.5 Å². The van der Waals surface area contributed by atoms with E-state index in [1.54, 1.807) is 0 Å². The molecular weight excluding hydrogens is 158 g/mol. The summed E-state index contributed by atoms with van der Waals surface area (Å²) >= 11 is 0. The first-order valence-corrected chi connectivity index (χ1v) is 4.30. The van der Waals surface area contributed by atoms with Crippen molar-refractivity contribution in [1.29, 1.82) is 0 Å². The molecule has 0 aliphatic rings. The largest absolute Gasteiger partial charge is 0.373 e. The highest BCUT2D eigenvalue weighted by atomic mass is 15.1. The Balaban J connectivity index is 2.62. The van der Waals surface area contributed by atoms with Gasteiger partial charge in [0.25, 0.3) is 0 Å². The van der Waals surface area contributed by atoms with Gasteiger partial charge in [0.05, 0.1) is 0 Å². The second kappa shape index (κ2) is 3.09. The smallest absolute Gasteiger partial charge is 0.0370 e. The van der Waals surface area contributed by atoms with Crippen LogP contribution in [-0.2, 0) is 0 Å². The van der Waals surface area contributed by atoms with E-state index in [9.17, 15) is 0 Å². The molecule has 0 saturated carbocycles. The molecule has 0 unspecified atom stereocenters. The fraction of sp³-hybridized carbons (Fsp3) is 0.0833. The van der Waals surface area contributed by atoms with Gasteiger partial charge in [-0.15, -0.1) is 0 Å². The summed E-state index contributed by atoms with van der Waals surface area (Å²) in [6.45, 7) is 0. The van der Waals surface area contributed by atoms with Crippen molar-refractivity contribution >= 4 is 16.5 Å². The molecule has 1 radical (unpaired) electrons. The van der Waals surface area contributed by atoms with Crippen molar-refractivity contribution < 1.29 is 0 Å². The van der Waals surface area contributed by atoms with Crippen molar-refractivity contribution in [2.24, 2.45) is 0 Å². The van der Waals surface area contributed by atoms with E-state index in [0.29, 0.717) is 0 Å². The summed E-state index contributed by atoms with van der Waals surface area (Å²) in [5.74, 6) is 0. The maximum atomic E-state index is 3.85. The summed E-state index contributed by atoms with van der Waals surface area (Å²) < 4.78 is 0. The Morgan fingerprint density at radius 3 is 2.38 bits per heavy atom. The Bertz CT molecular complexity index is 418. The van der Waals surface area contributed by atoms with E-state index in [1.807, 2.05) is 11.9 Å². The van der Waals surface area contributed by atoms with Gasteiger partial charge in [0, 0.05) is 19.8 Å². The summed E-state index contributed by atoms with van der Waals surface area (Å²) in [6.07, 6.45) is 0. The second-order valence-electron chi connectivity index (χ2n) is 3.23. The lowest BCUT2D eigenvalue weighted by molar-refractivity contribution is 1.21. The van der Waals surface area contributed by atoms with Crippen LogP contribution in [0.3, 0.4) is 0 Å². The molecule has 0 N–H and O–H groups in total. The molecule has 1 nitrogen and oxygen atoms in total. The second-order valence-corrected chi connectivity index (χ2v) is 3.23. The van der Waals surface area contributed by atoms with Crippen LogP contribution in [0.5, 0.6) is 0 Å². The monoisotopic (exact) mass is 170 g/mol. The summed E-state index contributed by atoms with van der Waals surface area (Å²) in [7, 11) is 5.80. The molecule has 0 aliphatic heterocycles. The van der Waals surface area contributed by atoms with Crippen LogP contribution < -0.4 is 4.90 Å². The quantitative estimate of drug-likeness (QED) is 0.635. The molecule has 0 amide bonds. The molecule has 0 fully saturated rings. The molecule has 0 atom stereocenters. The molecule has 0 saturated heterocycles. The summed E-state index contributed by atoms with van der Waals surface area (Å²) in [4.78, 5) is 1.87. The highest BCUT2D eigenvalue weighted by molar-refractivity contribution is 5.85. The SMILES string of the molecule is [CH2]N(C)c1ccc2ccccc2c1. The lowest BCUT2D eigenvalue weighted by atomic mass is 10.1. The summed E-state index contributed by atoms with van der Waals surface area (Å²) in [6, 6.07) is 14.7. The van der Waals surface area contributed by atoms with Crippen LogP contribution in [0.25, 0.3) is 10.8 Å². The molecule has 0 aliphatic carbocycles. The Morgan fingerprint density at radius 1 is 1.00 bits per heavy atom. The summed E-state index contributed by atoms with van der Waals surface area (Å²) in [5, 5.41) is 2.53. The van der Waals surface area contributed by atoms with E-state index in [1.165, 1.54) is 10.8 Å². The lowest BCUT2D eigenvalue weighted by Crippen LogP contribution is -2.04.